The first-order valence-corrected chi connectivity index (χ1v) is 9.10. The van der Waals surface area contributed by atoms with Crippen LogP contribution in [0.4, 0.5) is 5.69 Å². The Kier molecular flexibility index (Phi) is 4.88. The summed E-state index contributed by atoms with van der Waals surface area (Å²) >= 11 is 6.40. The van der Waals surface area contributed by atoms with Crippen molar-refractivity contribution >= 4 is 23.2 Å². The number of carbonyl (C=O) groups excluding carboxylic acids is 1. The van der Waals surface area contributed by atoms with Gasteiger partial charge in [0.05, 0.1) is 37.6 Å². The van der Waals surface area contributed by atoms with Crippen molar-refractivity contribution in [2.75, 3.05) is 19.5 Å². The third-order valence-corrected chi connectivity index (χ3v) is 4.98. The molecule has 1 N–H and O–H groups in total. The van der Waals surface area contributed by atoms with Crippen LogP contribution >= 0.6 is 11.6 Å². The van der Waals surface area contributed by atoms with Gasteiger partial charge in [-0.15, -0.1) is 0 Å². The van der Waals surface area contributed by atoms with Crippen LogP contribution in [0.15, 0.2) is 59.2 Å². The second-order valence-corrected chi connectivity index (χ2v) is 6.75. The zero-order valence-electron chi connectivity index (χ0n) is 15.4. The van der Waals surface area contributed by atoms with Crippen LogP contribution < -0.4 is 14.8 Å². The van der Waals surface area contributed by atoms with Gasteiger partial charge in [-0.25, -0.2) is 0 Å². The van der Waals surface area contributed by atoms with Crippen LogP contribution in [0.25, 0.3) is 0 Å². The van der Waals surface area contributed by atoms with E-state index in [1.54, 1.807) is 36.5 Å². The SMILES string of the molecule is COc1cc([C@@H]2Nc3ccccc3C(=O)N2Cc2ccco2)cc(Cl)c1OC. The van der Waals surface area contributed by atoms with Gasteiger partial charge in [-0.2, -0.15) is 0 Å². The van der Waals surface area contributed by atoms with E-state index in [1.165, 1.54) is 7.11 Å². The van der Waals surface area contributed by atoms with Gasteiger partial charge in [-0.3, -0.25) is 4.79 Å². The van der Waals surface area contributed by atoms with E-state index >= 15 is 0 Å². The average molecular weight is 399 g/mol. The minimum atomic E-state index is -0.454. The zero-order chi connectivity index (χ0) is 19.7. The molecule has 0 radical (unpaired) electrons. The molecule has 0 saturated heterocycles. The number of nitrogens with one attached hydrogen (secondary N) is 1. The Hall–Kier alpha value is -3.12. The first kappa shape index (κ1) is 18.3. The van der Waals surface area contributed by atoms with Gasteiger partial charge >= 0.3 is 0 Å². The van der Waals surface area contributed by atoms with Crippen molar-refractivity contribution in [3.8, 4) is 11.5 Å². The number of para-hydroxylation sites is 1. The smallest absolute Gasteiger partial charge is 0.258 e. The van der Waals surface area contributed by atoms with E-state index in [0.29, 0.717) is 34.4 Å². The average Bonchev–Trinajstić information content (AvgIpc) is 3.22. The van der Waals surface area contributed by atoms with Gasteiger partial charge in [0.2, 0.25) is 0 Å². The number of nitrogens with zero attached hydrogens (tertiary/aromatic N) is 1. The Labute approximate surface area is 167 Å². The number of hydrogen-bond donors (Lipinski definition) is 1. The van der Waals surface area contributed by atoms with E-state index in [2.05, 4.69) is 5.32 Å². The number of fused-ring (bicyclic) bond motifs is 1. The Morgan fingerprint density at radius 1 is 1.14 bits per heavy atom. The molecule has 28 heavy (non-hydrogen) atoms. The maximum atomic E-state index is 13.2. The fourth-order valence-electron chi connectivity index (χ4n) is 3.39. The molecule has 0 unspecified atom stereocenters. The van der Waals surface area contributed by atoms with E-state index in [-0.39, 0.29) is 5.91 Å². The molecular formula is C21H19ClN2O4. The predicted octanol–water partition coefficient (Wildman–Crippen LogP) is 4.72. The van der Waals surface area contributed by atoms with Crippen molar-refractivity contribution in [1.82, 2.24) is 4.90 Å². The highest BCUT2D eigenvalue weighted by Gasteiger charge is 2.34. The maximum absolute atomic E-state index is 13.2. The highest BCUT2D eigenvalue weighted by molar-refractivity contribution is 6.32. The first-order valence-electron chi connectivity index (χ1n) is 8.72. The van der Waals surface area contributed by atoms with Gasteiger partial charge in [0.15, 0.2) is 11.5 Å². The number of ether oxygens (including phenoxy) is 2. The normalized spacial score (nSPS) is 15.8. The number of carbonyl (C=O) groups is 1. The van der Waals surface area contributed by atoms with Crippen molar-refractivity contribution < 1.29 is 18.7 Å². The number of furan rings is 1. The standard InChI is InChI=1S/C21H19ClN2O4/c1-26-18-11-13(10-16(22)19(18)27-2)20-23-17-8-4-3-7-15(17)21(25)24(20)12-14-6-5-9-28-14/h3-11,20,23H,12H2,1-2H3/t20-/m1/s1. The molecule has 1 atom stereocenters. The lowest BCUT2D eigenvalue weighted by Gasteiger charge is -2.38. The monoisotopic (exact) mass is 398 g/mol. The highest BCUT2D eigenvalue weighted by Crippen LogP contribution is 2.41. The molecule has 144 valence electrons. The minimum absolute atomic E-state index is 0.0957. The lowest BCUT2D eigenvalue weighted by molar-refractivity contribution is 0.0651. The minimum Gasteiger partial charge on any atom is -0.493 e. The molecule has 1 aromatic heterocycles. The molecule has 3 aromatic rings. The van der Waals surface area contributed by atoms with E-state index < -0.39 is 6.17 Å². The summed E-state index contributed by atoms with van der Waals surface area (Å²) in [6, 6.07) is 14.6. The van der Waals surface area contributed by atoms with Gasteiger partial charge < -0.3 is 24.1 Å². The molecule has 2 heterocycles. The lowest BCUT2D eigenvalue weighted by Crippen LogP contribution is -2.42. The highest BCUT2D eigenvalue weighted by atomic mass is 35.5. The van der Waals surface area contributed by atoms with Crippen molar-refractivity contribution in [3.05, 3.63) is 76.7 Å². The van der Waals surface area contributed by atoms with Crippen molar-refractivity contribution in [2.45, 2.75) is 12.7 Å². The van der Waals surface area contributed by atoms with Gasteiger partial charge in [0, 0.05) is 11.3 Å². The quantitative estimate of drug-likeness (QED) is 0.673. The number of benzene rings is 2. The summed E-state index contributed by atoms with van der Waals surface area (Å²) in [7, 11) is 3.08. The Morgan fingerprint density at radius 2 is 1.96 bits per heavy atom. The number of halogens is 1. The lowest BCUT2D eigenvalue weighted by atomic mass is 10.0. The third-order valence-electron chi connectivity index (χ3n) is 4.70. The Balaban J connectivity index is 1.81. The van der Waals surface area contributed by atoms with Gasteiger partial charge in [0.1, 0.15) is 11.9 Å². The number of anilines is 1. The van der Waals surface area contributed by atoms with Crippen molar-refractivity contribution in [3.63, 3.8) is 0 Å². The molecule has 0 aliphatic carbocycles. The molecule has 0 spiro atoms. The molecule has 2 aromatic carbocycles. The summed E-state index contributed by atoms with van der Waals surface area (Å²) in [5.74, 6) is 1.54. The molecule has 0 bridgehead atoms. The van der Waals surface area contributed by atoms with E-state index in [1.807, 2.05) is 30.3 Å². The molecule has 1 amide bonds. The fraction of sp³-hybridized carbons (Fsp3) is 0.190. The fourth-order valence-corrected chi connectivity index (χ4v) is 3.68. The molecule has 4 rings (SSSR count). The van der Waals surface area contributed by atoms with Crippen LogP contribution in [-0.4, -0.2) is 25.0 Å². The summed E-state index contributed by atoms with van der Waals surface area (Å²) < 4.78 is 16.2. The summed E-state index contributed by atoms with van der Waals surface area (Å²) in [4.78, 5) is 15.0. The van der Waals surface area contributed by atoms with Crippen molar-refractivity contribution in [2.24, 2.45) is 0 Å². The number of hydrogen-bond acceptors (Lipinski definition) is 5. The number of methoxy groups -OCH3 is 2. The van der Waals surface area contributed by atoms with E-state index in [9.17, 15) is 4.79 Å². The molecule has 0 fully saturated rings. The van der Waals surface area contributed by atoms with Crippen LogP contribution in [0.2, 0.25) is 5.02 Å². The van der Waals surface area contributed by atoms with E-state index in [0.717, 1.165) is 11.3 Å². The first-order chi connectivity index (χ1) is 13.6. The molecular weight excluding hydrogens is 380 g/mol. The second-order valence-electron chi connectivity index (χ2n) is 6.34. The van der Waals surface area contributed by atoms with Crippen LogP contribution in [0, 0.1) is 0 Å². The molecule has 0 saturated carbocycles. The topological polar surface area (TPSA) is 63.9 Å². The summed E-state index contributed by atoms with van der Waals surface area (Å²) in [5.41, 5.74) is 2.15. The number of rotatable bonds is 5. The summed E-state index contributed by atoms with van der Waals surface area (Å²) in [6.07, 6.45) is 1.14. The summed E-state index contributed by atoms with van der Waals surface area (Å²) in [5, 5.41) is 3.84. The third kappa shape index (κ3) is 3.16. The molecule has 6 nitrogen and oxygen atoms in total. The van der Waals surface area contributed by atoms with Gasteiger partial charge in [0.25, 0.3) is 5.91 Å². The van der Waals surface area contributed by atoms with Crippen molar-refractivity contribution in [1.29, 1.82) is 0 Å². The number of amides is 1. The van der Waals surface area contributed by atoms with E-state index in [4.69, 9.17) is 25.5 Å². The van der Waals surface area contributed by atoms with Crippen LogP contribution in [-0.2, 0) is 6.54 Å². The largest absolute Gasteiger partial charge is 0.493 e. The maximum Gasteiger partial charge on any atom is 0.258 e. The van der Waals surface area contributed by atoms with Gasteiger partial charge in [-0.1, -0.05) is 23.7 Å². The molecule has 7 heteroatoms. The van der Waals surface area contributed by atoms with Gasteiger partial charge in [-0.05, 0) is 36.4 Å². The second kappa shape index (κ2) is 7.48. The summed E-state index contributed by atoms with van der Waals surface area (Å²) in [6.45, 7) is 0.309. The molecule has 1 aliphatic heterocycles. The predicted molar refractivity (Wildman–Crippen MR) is 106 cm³/mol. The Morgan fingerprint density at radius 3 is 2.68 bits per heavy atom. The Bertz CT molecular complexity index is 1000. The zero-order valence-corrected chi connectivity index (χ0v) is 16.2. The van der Waals surface area contributed by atoms with Crippen LogP contribution in [0.3, 0.4) is 0 Å². The van der Waals surface area contributed by atoms with Crippen LogP contribution in [0.1, 0.15) is 27.8 Å². The molecule has 1 aliphatic rings. The van der Waals surface area contributed by atoms with Crippen LogP contribution in [0.5, 0.6) is 11.5 Å².